The van der Waals surface area contributed by atoms with Gasteiger partial charge in [0.05, 0.1) is 4.92 Å². The van der Waals surface area contributed by atoms with Gasteiger partial charge in [0.2, 0.25) is 0 Å². The first-order valence-corrected chi connectivity index (χ1v) is 8.40. The van der Waals surface area contributed by atoms with Crippen molar-refractivity contribution < 1.29 is 13.3 Å². The molecule has 1 fully saturated rings. The largest absolute Gasteiger partial charge is 0.310 e. The molecule has 20 heavy (non-hydrogen) atoms. The number of rotatable bonds is 5. The van der Waals surface area contributed by atoms with Gasteiger partial charge in [0, 0.05) is 19.2 Å². The van der Waals surface area contributed by atoms with Gasteiger partial charge in [0.25, 0.3) is 10.0 Å². The van der Waals surface area contributed by atoms with Crippen LogP contribution in [-0.2, 0) is 10.0 Å². The zero-order chi connectivity index (χ0) is 14.9. The van der Waals surface area contributed by atoms with Crippen LogP contribution in [0, 0.1) is 16.0 Å². The fourth-order valence-electron chi connectivity index (χ4n) is 2.20. The van der Waals surface area contributed by atoms with Gasteiger partial charge in [-0.2, -0.15) is 4.31 Å². The summed E-state index contributed by atoms with van der Waals surface area (Å²) in [6, 6.07) is 1.06. The summed E-state index contributed by atoms with van der Waals surface area (Å²) in [6.07, 6.45) is 1.75. The summed E-state index contributed by atoms with van der Waals surface area (Å²) in [6.45, 7) is 2.95. The smallest absolute Gasteiger partial charge is 0.306 e. The van der Waals surface area contributed by atoms with Crippen molar-refractivity contribution >= 4 is 32.0 Å². The van der Waals surface area contributed by atoms with E-state index in [1.54, 1.807) is 0 Å². The van der Waals surface area contributed by atoms with E-state index in [0.717, 1.165) is 30.2 Å². The van der Waals surface area contributed by atoms with E-state index in [4.69, 9.17) is 5.84 Å². The predicted octanol–water partition coefficient (Wildman–Crippen LogP) is 1.36. The van der Waals surface area contributed by atoms with Crippen molar-refractivity contribution in [2.24, 2.45) is 11.8 Å². The lowest BCUT2D eigenvalue weighted by Gasteiger charge is -2.14. The van der Waals surface area contributed by atoms with Crippen LogP contribution in [0.15, 0.2) is 10.3 Å². The van der Waals surface area contributed by atoms with Gasteiger partial charge in [-0.3, -0.25) is 10.1 Å². The number of nitrogen functional groups attached to an aromatic ring is 1. The van der Waals surface area contributed by atoms with Gasteiger partial charge in [-0.1, -0.05) is 24.7 Å². The molecule has 1 unspecified atom stereocenters. The third-order valence-corrected chi connectivity index (χ3v) is 6.81. The Morgan fingerprint density at radius 1 is 1.65 bits per heavy atom. The van der Waals surface area contributed by atoms with Crippen LogP contribution in [0.5, 0.6) is 0 Å². The lowest BCUT2D eigenvalue weighted by Crippen LogP contribution is -2.28. The molecule has 1 aliphatic heterocycles. The number of hydrogen-bond acceptors (Lipinski definition) is 7. The highest BCUT2D eigenvalue weighted by molar-refractivity contribution is 7.91. The summed E-state index contributed by atoms with van der Waals surface area (Å²) >= 11 is 0.783. The fourth-order valence-corrected chi connectivity index (χ4v) is 5.13. The molecule has 0 aromatic carbocycles. The summed E-state index contributed by atoms with van der Waals surface area (Å²) in [7, 11) is -3.68. The molecule has 112 valence electrons. The topological polar surface area (TPSA) is 119 Å². The Balaban J connectivity index is 2.33. The van der Waals surface area contributed by atoms with Crippen LogP contribution in [-0.4, -0.2) is 30.7 Å². The molecule has 10 heteroatoms. The number of nitro groups is 1. The van der Waals surface area contributed by atoms with Gasteiger partial charge in [-0.25, -0.2) is 14.3 Å². The van der Waals surface area contributed by atoms with Gasteiger partial charge >= 0.3 is 5.69 Å². The maximum Gasteiger partial charge on any atom is 0.306 e. The molecular weight excluding hydrogens is 304 g/mol. The number of anilines is 1. The van der Waals surface area contributed by atoms with Crippen molar-refractivity contribution in [3.8, 4) is 0 Å². The van der Waals surface area contributed by atoms with Gasteiger partial charge < -0.3 is 5.43 Å². The molecule has 0 amide bonds. The zero-order valence-electron chi connectivity index (χ0n) is 10.9. The molecule has 2 heterocycles. The van der Waals surface area contributed by atoms with E-state index < -0.39 is 14.9 Å². The molecule has 1 aromatic heterocycles. The van der Waals surface area contributed by atoms with Crippen molar-refractivity contribution in [2.75, 3.05) is 18.5 Å². The monoisotopic (exact) mass is 320 g/mol. The van der Waals surface area contributed by atoms with Gasteiger partial charge in [0.1, 0.15) is 4.21 Å². The molecule has 3 N–H and O–H groups in total. The molecule has 1 aromatic rings. The molecule has 2 rings (SSSR count). The van der Waals surface area contributed by atoms with Crippen LogP contribution in [0.4, 0.5) is 10.7 Å². The standard InChI is InChI=1S/C10H16N4O4S2/c1-2-7-3-4-13(6-7)20(17,18)9-5-8(14(15)16)10(12-11)19-9/h5,7,12H,2-4,6,11H2,1H3. The van der Waals surface area contributed by atoms with Crippen LogP contribution < -0.4 is 11.3 Å². The van der Waals surface area contributed by atoms with Crippen molar-refractivity contribution in [1.29, 1.82) is 0 Å². The van der Waals surface area contributed by atoms with Crippen molar-refractivity contribution in [3.63, 3.8) is 0 Å². The minimum atomic E-state index is -3.68. The third-order valence-electron chi connectivity index (χ3n) is 3.44. The molecule has 1 saturated heterocycles. The number of sulfonamides is 1. The maximum absolute atomic E-state index is 12.4. The van der Waals surface area contributed by atoms with Crippen molar-refractivity contribution in [1.82, 2.24) is 4.31 Å². The molecule has 0 spiro atoms. The van der Waals surface area contributed by atoms with E-state index in [9.17, 15) is 18.5 Å². The molecular formula is C10H16N4O4S2. The summed E-state index contributed by atoms with van der Waals surface area (Å²) in [5.74, 6) is 5.54. The highest BCUT2D eigenvalue weighted by Crippen LogP contribution is 2.38. The summed E-state index contributed by atoms with van der Waals surface area (Å²) in [4.78, 5) is 10.2. The summed E-state index contributed by atoms with van der Waals surface area (Å²) in [5.41, 5.74) is 1.86. The number of hydrogen-bond donors (Lipinski definition) is 2. The van der Waals surface area contributed by atoms with Gasteiger partial charge in [0.15, 0.2) is 5.00 Å². The number of nitrogens with two attached hydrogens (primary N) is 1. The van der Waals surface area contributed by atoms with Crippen LogP contribution >= 0.6 is 11.3 Å². The molecule has 1 aliphatic rings. The predicted molar refractivity (Wildman–Crippen MR) is 75.9 cm³/mol. The van der Waals surface area contributed by atoms with E-state index >= 15 is 0 Å². The Kier molecular flexibility index (Phi) is 4.28. The van der Waals surface area contributed by atoms with Gasteiger partial charge in [-0.15, -0.1) is 0 Å². The Morgan fingerprint density at radius 3 is 2.80 bits per heavy atom. The third kappa shape index (κ3) is 2.64. The summed E-state index contributed by atoms with van der Waals surface area (Å²) in [5, 5.41) is 10.9. The first-order chi connectivity index (χ1) is 9.40. The minimum absolute atomic E-state index is 0.0415. The van der Waals surface area contributed by atoms with E-state index in [2.05, 4.69) is 5.43 Å². The first-order valence-electron chi connectivity index (χ1n) is 6.15. The Bertz CT molecular complexity index is 613. The molecule has 1 atom stereocenters. The van der Waals surface area contributed by atoms with Crippen LogP contribution in [0.3, 0.4) is 0 Å². The van der Waals surface area contributed by atoms with E-state index in [1.165, 1.54) is 4.31 Å². The number of thiophene rings is 1. The van der Waals surface area contributed by atoms with Crippen molar-refractivity contribution in [3.05, 3.63) is 16.2 Å². The molecule has 8 nitrogen and oxygen atoms in total. The first kappa shape index (κ1) is 15.2. The number of nitrogens with one attached hydrogen (secondary N) is 1. The second-order valence-electron chi connectivity index (χ2n) is 4.61. The Labute approximate surface area is 120 Å². The van der Waals surface area contributed by atoms with E-state index in [-0.39, 0.29) is 14.9 Å². The van der Waals surface area contributed by atoms with Crippen molar-refractivity contribution in [2.45, 2.75) is 24.0 Å². The number of hydrazine groups is 1. The lowest BCUT2D eigenvalue weighted by atomic mass is 10.1. The number of nitrogens with zero attached hydrogens (tertiary/aromatic N) is 2. The Morgan fingerprint density at radius 2 is 2.35 bits per heavy atom. The Hall–Kier alpha value is -1.23. The molecule has 0 aliphatic carbocycles. The minimum Gasteiger partial charge on any atom is -0.310 e. The molecule has 0 saturated carbocycles. The normalized spacial score (nSPS) is 20.2. The fraction of sp³-hybridized carbons (Fsp3) is 0.600. The van der Waals surface area contributed by atoms with Crippen LogP contribution in [0.25, 0.3) is 0 Å². The summed E-state index contributed by atoms with van der Waals surface area (Å²) < 4.78 is 26.2. The highest BCUT2D eigenvalue weighted by atomic mass is 32.2. The second kappa shape index (κ2) is 5.64. The van der Waals surface area contributed by atoms with E-state index in [1.807, 2.05) is 6.92 Å². The second-order valence-corrected chi connectivity index (χ2v) is 7.82. The molecule has 0 bridgehead atoms. The SMILES string of the molecule is CCC1CCN(S(=O)(=O)c2cc([N+](=O)[O-])c(NN)s2)C1. The quantitative estimate of drug-likeness (QED) is 0.480. The average molecular weight is 320 g/mol. The van der Waals surface area contributed by atoms with Gasteiger partial charge in [-0.05, 0) is 12.3 Å². The maximum atomic E-state index is 12.4. The van der Waals surface area contributed by atoms with E-state index in [0.29, 0.717) is 19.0 Å². The zero-order valence-corrected chi connectivity index (χ0v) is 12.5. The van der Waals surface area contributed by atoms with Crippen LogP contribution in [0.2, 0.25) is 0 Å². The highest BCUT2D eigenvalue weighted by Gasteiger charge is 2.35. The van der Waals surface area contributed by atoms with Crippen LogP contribution in [0.1, 0.15) is 19.8 Å². The lowest BCUT2D eigenvalue weighted by molar-refractivity contribution is -0.383. The average Bonchev–Trinajstić information content (AvgIpc) is 3.05. The molecule has 0 radical (unpaired) electrons.